The first kappa shape index (κ1) is 19.8. The van der Waals surface area contributed by atoms with Gasteiger partial charge in [-0.2, -0.15) is 0 Å². The highest BCUT2D eigenvalue weighted by molar-refractivity contribution is 5.63. The largest absolute Gasteiger partial charge is 0.120 e. The lowest BCUT2D eigenvalue weighted by Crippen LogP contribution is -2.13. The van der Waals surface area contributed by atoms with Crippen LogP contribution in [0.3, 0.4) is 0 Å². The van der Waals surface area contributed by atoms with Crippen molar-refractivity contribution in [2.24, 2.45) is 11.8 Å². The maximum absolute atomic E-state index is 5.56. The van der Waals surface area contributed by atoms with E-state index in [4.69, 9.17) is 6.42 Å². The molecule has 0 saturated heterocycles. The topological polar surface area (TPSA) is 0 Å². The number of terminal acetylenes is 1. The second-order valence-electron chi connectivity index (χ2n) is 8.27. The first-order valence-electron chi connectivity index (χ1n) is 10.9. The fourth-order valence-corrected chi connectivity index (χ4v) is 4.30. The number of aryl methyl sites for hydroxylation is 2. The van der Waals surface area contributed by atoms with Crippen LogP contribution in [-0.4, -0.2) is 0 Å². The Morgan fingerprint density at radius 2 is 1.33 bits per heavy atom. The Bertz CT molecular complexity index is 706. The van der Waals surface area contributed by atoms with Crippen LogP contribution >= 0.6 is 0 Å². The molecule has 0 aliphatic heterocycles. The lowest BCUT2D eigenvalue weighted by molar-refractivity contribution is 0.302. The van der Waals surface area contributed by atoms with Crippen molar-refractivity contribution in [2.45, 2.75) is 71.1 Å². The Morgan fingerprint density at radius 3 is 1.85 bits per heavy atom. The van der Waals surface area contributed by atoms with Crippen molar-refractivity contribution in [2.75, 3.05) is 0 Å². The molecule has 2 aromatic rings. The van der Waals surface area contributed by atoms with Crippen LogP contribution in [0.4, 0.5) is 0 Å². The summed E-state index contributed by atoms with van der Waals surface area (Å²) in [5.41, 5.74) is 5.58. The molecular formula is C27H34. The molecule has 0 unspecified atom stereocenters. The molecule has 0 heterocycles. The molecule has 0 nitrogen and oxygen atoms in total. The van der Waals surface area contributed by atoms with Crippen LogP contribution in [0, 0.1) is 24.2 Å². The Morgan fingerprint density at radius 1 is 0.778 bits per heavy atom. The van der Waals surface area contributed by atoms with Crippen LogP contribution in [0.1, 0.15) is 69.4 Å². The molecule has 1 fully saturated rings. The quantitative estimate of drug-likeness (QED) is 0.339. The van der Waals surface area contributed by atoms with Gasteiger partial charge >= 0.3 is 0 Å². The molecule has 0 heteroatoms. The van der Waals surface area contributed by atoms with Gasteiger partial charge in [0.15, 0.2) is 0 Å². The smallest absolute Gasteiger partial charge is 0.0200 e. The summed E-state index contributed by atoms with van der Waals surface area (Å²) in [5, 5.41) is 0. The summed E-state index contributed by atoms with van der Waals surface area (Å²) in [4.78, 5) is 0. The molecule has 0 amide bonds. The molecule has 0 aromatic heterocycles. The monoisotopic (exact) mass is 358 g/mol. The molecular weight excluding hydrogens is 324 g/mol. The van der Waals surface area contributed by atoms with Crippen molar-refractivity contribution in [3.05, 3.63) is 59.7 Å². The van der Waals surface area contributed by atoms with Crippen LogP contribution in [0.2, 0.25) is 0 Å². The Hall–Kier alpha value is -2.00. The van der Waals surface area contributed by atoms with Crippen molar-refractivity contribution in [3.8, 4) is 23.5 Å². The molecule has 0 N–H and O–H groups in total. The number of unbranched alkanes of at least 4 members (excludes halogenated alkanes) is 2. The molecule has 1 saturated carbocycles. The van der Waals surface area contributed by atoms with Crippen LogP contribution in [0.15, 0.2) is 48.5 Å². The lowest BCUT2D eigenvalue weighted by atomic mass is 9.80. The van der Waals surface area contributed by atoms with E-state index in [1.54, 1.807) is 0 Å². The molecule has 27 heavy (non-hydrogen) atoms. The predicted molar refractivity (Wildman–Crippen MR) is 118 cm³/mol. The van der Waals surface area contributed by atoms with E-state index in [9.17, 15) is 0 Å². The number of rotatable bonds is 8. The van der Waals surface area contributed by atoms with Gasteiger partial charge in [0, 0.05) is 5.92 Å². The van der Waals surface area contributed by atoms with Gasteiger partial charge in [-0.1, -0.05) is 68.3 Å². The van der Waals surface area contributed by atoms with Gasteiger partial charge in [-0.05, 0) is 79.5 Å². The van der Waals surface area contributed by atoms with E-state index in [1.807, 2.05) is 0 Å². The highest BCUT2D eigenvalue weighted by Crippen LogP contribution is 2.31. The van der Waals surface area contributed by atoms with Crippen LogP contribution in [-0.2, 0) is 12.8 Å². The van der Waals surface area contributed by atoms with E-state index in [2.05, 4.69) is 61.4 Å². The first-order chi connectivity index (χ1) is 13.3. The van der Waals surface area contributed by atoms with E-state index in [-0.39, 0.29) is 0 Å². The third-order valence-corrected chi connectivity index (χ3v) is 6.23. The molecule has 1 aliphatic carbocycles. The van der Waals surface area contributed by atoms with E-state index < -0.39 is 0 Å². The summed E-state index contributed by atoms with van der Waals surface area (Å²) >= 11 is 0. The summed E-state index contributed by atoms with van der Waals surface area (Å²) in [6.45, 7) is 2.26. The highest BCUT2D eigenvalue weighted by Gasteiger charge is 2.19. The maximum Gasteiger partial charge on any atom is 0.0200 e. The molecule has 1 aliphatic rings. The van der Waals surface area contributed by atoms with Gasteiger partial charge in [0.1, 0.15) is 0 Å². The minimum Gasteiger partial charge on any atom is -0.120 e. The normalized spacial score (nSPS) is 19.6. The third kappa shape index (κ3) is 6.00. The van der Waals surface area contributed by atoms with Crippen molar-refractivity contribution in [1.29, 1.82) is 0 Å². The molecule has 0 atom stereocenters. The van der Waals surface area contributed by atoms with Crippen molar-refractivity contribution < 1.29 is 0 Å². The molecule has 2 aromatic carbocycles. The van der Waals surface area contributed by atoms with Crippen LogP contribution in [0.5, 0.6) is 0 Å². The predicted octanol–water partition coefficient (Wildman–Crippen LogP) is 7.46. The third-order valence-electron chi connectivity index (χ3n) is 6.23. The van der Waals surface area contributed by atoms with Crippen molar-refractivity contribution in [3.63, 3.8) is 0 Å². The fourth-order valence-electron chi connectivity index (χ4n) is 4.30. The molecule has 0 bridgehead atoms. The van der Waals surface area contributed by atoms with E-state index in [0.717, 1.165) is 5.92 Å². The summed E-state index contributed by atoms with van der Waals surface area (Å²) < 4.78 is 0. The standard InChI is InChI=1S/C27H34/c1-3-5-6-7-23-14-18-26(19-15-23)27-20-16-25(17-21-27)13-12-24-10-8-22(4-2)9-11-24/h2,14-22,24H,3,5-13H2,1H3. The maximum atomic E-state index is 5.56. The summed E-state index contributed by atoms with van der Waals surface area (Å²) in [5.74, 6) is 4.35. The van der Waals surface area contributed by atoms with Gasteiger partial charge in [0.05, 0.1) is 0 Å². The Balaban J connectivity index is 1.49. The van der Waals surface area contributed by atoms with Crippen molar-refractivity contribution >= 4 is 0 Å². The van der Waals surface area contributed by atoms with Gasteiger partial charge < -0.3 is 0 Å². The highest BCUT2D eigenvalue weighted by atomic mass is 14.2. The Kier molecular flexibility index (Phi) is 7.58. The zero-order valence-corrected chi connectivity index (χ0v) is 16.9. The average molecular weight is 359 g/mol. The summed E-state index contributed by atoms with van der Waals surface area (Å²) in [6, 6.07) is 18.4. The van der Waals surface area contributed by atoms with Crippen LogP contribution < -0.4 is 0 Å². The van der Waals surface area contributed by atoms with Gasteiger partial charge in [-0.15, -0.1) is 12.3 Å². The number of hydrogen-bond acceptors (Lipinski definition) is 0. The fraction of sp³-hybridized carbons (Fsp3) is 0.481. The molecule has 0 spiro atoms. The SMILES string of the molecule is C#CC1CCC(CCc2ccc(-c3ccc(CCCCC)cc3)cc2)CC1. The number of benzene rings is 2. The summed E-state index contributed by atoms with van der Waals surface area (Å²) in [6.07, 6.45) is 18.3. The molecule has 0 radical (unpaired) electrons. The number of hydrogen-bond donors (Lipinski definition) is 0. The van der Waals surface area contributed by atoms with Crippen molar-refractivity contribution in [1.82, 2.24) is 0 Å². The second kappa shape index (κ2) is 10.4. The van der Waals surface area contributed by atoms with E-state index >= 15 is 0 Å². The Labute approximate surface area is 166 Å². The van der Waals surface area contributed by atoms with Gasteiger partial charge in [-0.3, -0.25) is 0 Å². The zero-order chi connectivity index (χ0) is 18.9. The van der Waals surface area contributed by atoms with Crippen LogP contribution in [0.25, 0.3) is 11.1 Å². The van der Waals surface area contributed by atoms with E-state index in [1.165, 1.54) is 86.5 Å². The van der Waals surface area contributed by atoms with Gasteiger partial charge in [0.2, 0.25) is 0 Å². The van der Waals surface area contributed by atoms with Gasteiger partial charge in [0.25, 0.3) is 0 Å². The first-order valence-corrected chi connectivity index (χ1v) is 10.9. The second-order valence-corrected chi connectivity index (χ2v) is 8.27. The van der Waals surface area contributed by atoms with Gasteiger partial charge in [-0.25, -0.2) is 0 Å². The molecule has 142 valence electrons. The lowest BCUT2D eigenvalue weighted by Gasteiger charge is -2.25. The zero-order valence-electron chi connectivity index (χ0n) is 16.9. The average Bonchev–Trinajstić information content (AvgIpc) is 2.74. The minimum atomic E-state index is 0.540. The van der Waals surface area contributed by atoms with E-state index in [0.29, 0.717) is 5.92 Å². The summed E-state index contributed by atoms with van der Waals surface area (Å²) in [7, 11) is 0. The minimum absolute atomic E-state index is 0.540. The molecule has 3 rings (SSSR count).